The fourth-order valence-electron chi connectivity index (χ4n) is 1.53. The van der Waals surface area contributed by atoms with Gasteiger partial charge in [0.25, 0.3) is 0 Å². The van der Waals surface area contributed by atoms with Gasteiger partial charge in [0.1, 0.15) is 24.0 Å². The van der Waals surface area contributed by atoms with E-state index in [9.17, 15) is 13.6 Å². The van der Waals surface area contributed by atoms with Gasteiger partial charge in [-0.25, -0.2) is 13.6 Å². The maximum atomic E-state index is 13.3. The summed E-state index contributed by atoms with van der Waals surface area (Å²) in [5, 5.41) is 8.81. The number of aromatic carboxylic acids is 1. The molecule has 0 aromatic heterocycles. The maximum absolute atomic E-state index is 13.3. The second-order valence-corrected chi connectivity index (χ2v) is 3.86. The van der Waals surface area contributed by atoms with Crippen LogP contribution in [0.5, 0.6) is 5.75 Å². The fourth-order valence-corrected chi connectivity index (χ4v) is 1.53. The molecule has 0 aliphatic heterocycles. The summed E-state index contributed by atoms with van der Waals surface area (Å²) >= 11 is 0. The largest absolute Gasteiger partial charge is 0.489 e. The zero-order chi connectivity index (χ0) is 13.8. The molecule has 0 radical (unpaired) electrons. The molecule has 0 saturated carbocycles. The molecular weight excluding hydrogens is 254 g/mol. The van der Waals surface area contributed by atoms with Crippen molar-refractivity contribution in [2.45, 2.75) is 6.61 Å². The highest BCUT2D eigenvalue weighted by atomic mass is 19.1. The molecule has 19 heavy (non-hydrogen) atoms. The van der Waals surface area contributed by atoms with E-state index in [-0.39, 0.29) is 23.5 Å². The third kappa shape index (κ3) is 3.28. The van der Waals surface area contributed by atoms with E-state index in [1.54, 1.807) is 6.07 Å². The van der Waals surface area contributed by atoms with E-state index in [1.165, 1.54) is 18.2 Å². The molecular formula is C14H10F2O3. The smallest absolute Gasteiger partial charge is 0.335 e. The first-order valence-corrected chi connectivity index (χ1v) is 5.46. The molecule has 0 heterocycles. The molecule has 3 nitrogen and oxygen atoms in total. The van der Waals surface area contributed by atoms with Crippen LogP contribution in [0.15, 0.2) is 42.5 Å². The number of benzene rings is 2. The van der Waals surface area contributed by atoms with Crippen molar-refractivity contribution in [1.29, 1.82) is 0 Å². The summed E-state index contributed by atoms with van der Waals surface area (Å²) in [6.45, 7) is -0.174. The van der Waals surface area contributed by atoms with Crippen LogP contribution in [-0.2, 0) is 6.61 Å². The van der Waals surface area contributed by atoms with Crippen LogP contribution in [0.2, 0.25) is 0 Å². The van der Waals surface area contributed by atoms with E-state index < -0.39 is 17.6 Å². The predicted molar refractivity (Wildman–Crippen MR) is 64.1 cm³/mol. The highest BCUT2D eigenvalue weighted by Crippen LogP contribution is 2.17. The first-order valence-electron chi connectivity index (χ1n) is 5.46. The number of carboxylic acids is 1. The fraction of sp³-hybridized carbons (Fsp3) is 0.0714. The minimum atomic E-state index is -1.08. The van der Waals surface area contributed by atoms with E-state index in [2.05, 4.69) is 0 Å². The minimum Gasteiger partial charge on any atom is -0.489 e. The summed E-state index contributed by atoms with van der Waals surface area (Å²) in [6.07, 6.45) is 0. The Morgan fingerprint density at radius 2 is 1.95 bits per heavy atom. The van der Waals surface area contributed by atoms with Crippen molar-refractivity contribution in [3.05, 3.63) is 65.2 Å². The highest BCUT2D eigenvalue weighted by Gasteiger charge is 2.07. The van der Waals surface area contributed by atoms with Gasteiger partial charge in [0.2, 0.25) is 0 Å². The van der Waals surface area contributed by atoms with E-state index in [1.807, 2.05) is 0 Å². The van der Waals surface area contributed by atoms with Gasteiger partial charge in [-0.2, -0.15) is 0 Å². The predicted octanol–water partition coefficient (Wildman–Crippen LogP) is 3.24. The Morgan fingerprint density at radius 3 is 2.68 bits per heavy atom. The van der Waals surface area contributed by atoms with Crippen molar-refractivity contribution in [3.8, 4) is 5.75 Å². The number of carboxylic acid groups (broad SMARTS) is 1. The van der Waals surface area contributed by atoms with E-state index >= 15 is 0 Å². The van der Waals surface area contributed by atoms with Crippen molar-refractivity contribution in [2.75, 3.05) is 0 Å². The van der Waals surface area contributed by atoms with Crippen LogP contribution in [0.25, 0.3) is 0 Å². The third-order valence-corrected chi connectivity index (χ3v) is 2.48. The van der Waals surface area contributed by atoms with Crippen molar-refractivity contribution >= 4 is 5.97 Å². The van der Waals surface area contributed by atoms with Gasteiger partial charge < -0.3 is 9.84 Å². The molecule has 0 atom stereocenters. The molecule has 0 fully saturated rings. The lowest BCUT2D eigenvalue weighted by molar-refractivity contribution is 0.0696. The molecule has 2 rings (SSSR count). The molecule has 98 valence electrons. The van der Waals surface area contributed by atoms with Crippen LogP contribution in [0.4, 0.5) is 8.78 Å². The Balaban J connectivity index is 2.12. The number of hydrogen-bond acceptors (Lipinski definition) is 2. The number of ether oxygens (including phenoxy) is 1. The Labute approximate surface area is 108 Å². The van der Waals surface area contributed by atoms with Crippen molar-refractivity contribution in [2.24, 2.45) is 0 Å². The summed E-state index contributed by atoms with van der Waals surface area (Å²) in [6, 6.07) is 8.86. The lowest BCUT2D eigenvalue weighted by Gasteiger charge is -2.08. The van der Waals surface area contributed by atoms with Gasteiger partial charge >= 0.3 is 5.97 Å². The minimum absolute atomic E-state index is 0.0669. The first-order chi connectivity index (χ1) is 9.06. The van der Waals surface area contributed by atoms with E-state index in [0.29, 0.717) is 0 Å². The van der Waals surface area contributed by atoms with Gasteiger partial charge in [-0.15, -0.1) is 0 Å². The van der Waals surface area contributed by atoms with Crippen molar-refractivity contribution in [3.63, 3.8) is 0 Å². The molecule has 0 aliphatic rings. The van der Waals surface area contributed by atoms with Crippen LogP contribution in [0.3, 0.4) is 0 Å². The summed E-state index contributed by atoms with van der Waals surface area (Å²) in [7, 11) is 0. The van der Waals surface area contributed by atoms with Crippen molar-refractivity contribution < 1.29 is 23.4 Å². The third-order valence-electron chi connectivity index (χ3n) is 2.48. The second kappa shape index (κ2) is 5.48. The zero-order valence-electron chi connectivity index (χ0n) is 9.77. The van der Waals surface area contributed by atoms with E-state index in [0.717, 1.165) is 18.2 Å². The molecule has 0 unspecified atom stereocenters. The molecule has 0 aliphatic carbocycles. The zero-order valence-corrected chi connectivity index (χ0v) is 9.77. The Hall–Kier alpha value is -2.43. The quantitative estimate of drug-likeness (QED) is 0.922. The van der Waals surface area contributed by atoms with Gasteiger partial charge in [0, 0.05) is 5.56 Å². The van der Waals surface area contributed by atoms with Crippen LogP contribution in [0.1, 0.15) is 15.9 Å². The average molecular weight is 264 g/mol. The molecule has 0 spiro atoms. The lowest BCUT2D eigenvalue weighted by Crippen LogP contribution is -2.01. The van der Waals surface area contributed by atoms with Crippen LogP contribution in [0, 0.1) is 11.6 Å². The Bertz CT molecular complexity index is 611. The monoisotopic (exact) mass is 264 g/mol. The summed E-state index contributed by atoms with van der Waals surface area (Å²) < 4.78 is 31.5. The van der Waals surface area contributed by atoms with Crippen LogP contribution in [-0.4, -0.2) is 11.1 Å². The van der Waals surface area contributed by atoms with E-state index in [4.69, 9.17) is 9.84 Å². The highest BCUT2D eigenvalue weighted by molar-refractivity contribution is 5.87. The maximum Gasteiger partial charge on any atom is 0.335 e. The Kier molecular flexibility index (Phi) is 3.75. The number of hydrogen-bond donors (Lipinski definition) is 1. The average Bonchev–Trinajstić information content (AvgIpc) is 2.40. The van der Waals surface area contributed by atoms with Gasteiger partial charge in [-0.05, 0) is 36.4 Å². The van der Waals surface area contributed by atoms with Crippen LogP contribution < -0.4 is 4.74 Å². The molecule has 0 bridgehead atoms. The lowest BCUT2D eigenvalue weighted by atomic mass is 10.2. The second-order valence-electron chi connectivity index (χ2n) is 3.86. The molecule has 0 saturated heterocycles. The van der Waals surface area contributed by atoms with Gasteiger partial charge in [-0.3, -0.25) is 0 Å². The van der Waals surface area contributed by atoms with Gasteiger partial charge in [0.05, 0.1) is 5.56 Å². The number of halogens is 2. The van der Waals surface area contributed by atoms with Crippen LogP contribution >= 0.6 is 0 Å². The van der Waals surface area contributed by atoms with Gasteiger partial charge in [-0.1, -0.05) is 6.07 Å². The van der Waals surface area contributed by atoms with Crippen molar-refractivity contribution in [1.82, 2.24) is 0 Å². The summed E-state index contributed by atoms with van der Waals surface area (Å²) in [5.74, 6) is -1.93. The molecule has 2 aromatic carbocycles. The first kappa shape index (κ1) is 13.0. The molecule has 5 heteroatoms. The van der Waals surface area contributed by atoms with Gasteiger partial charge in [0.15, 0.2) is 0 Å². The Morgan fingerprint density at radius 1 is 1.16 bits per heavy atom. The normalized spacial score (nSPS) is 10.2. The standard InChI is InChI=1S/C14H10F2O3/c15-11-4-5-13(16)10(6-11)8-19-12-3-1-2-9(7-12)14(17)18/h1-7H,8H2,(H,17,18). The summed E-state index contributed by atoms with van der Waals surface area (Å²) in [5.41, 5.74) is 0.137. The number of rotatable bonds is 4. The molecule has 1 N–H and O–H groups in total. The summed E-state index contributed by atoms with van der Waals surface area (Å²) in [4.78, 5) is 10.8. The SMILES string of the molecule is O=C(O)c1cccc(OCc2cc(F)ccc2F)c1. The topological polar surface area (TPSA) is 46.5 Å². The molecule has 0 amide bonds. The number of carbonyl (C=O) groups is 1. The molecule has 2 aromatic rings.